The maximum Gasteiger partial charge on any atom is 0.319 e. The fourth-order valence-corrected chi connectivity index (χ4v) is 7.85. The summed E-state index contributed by atoms with van der Waals surface area (Å²) in [7, 11) is 0. The van der Waals surface area contributed by atoms with Gasteiger partial charge in [0.2, 0.25) is 0 Å². The van der Waals surface area contributed by atoms with Crippen LogP contribution in [0.3, 0.4) is 0 Å². The quantitative estimate of drug-likeness (QED) is 0.293. The summed E-state index contributed by atoms with van der Waals surface area (Å²) in [5.74, 6) is 1.54. The highest BCUT2D eigenvalue weighted by Crippen LogP contribution is 2.43. The number of aromatic hydroxyl groups is 1. The van der Waals surface area contributed by atoms with Crippen molar-refractivity contribution in [2.75, 3.05) is 37.7 Å². The molecule has 4 fully saturated rings. The van der Waals surface area contributed by atoms with E-state index in [2.05, 4.69) is 20.7 Å². The number of anilines is 1. The van der Waals surface area contributed by atoms with Gasteiger partial charge >= 0.3 is 6.01 Å². The Bertz CT molecular complexity index is 1850. The first-order chi connectivity index (χ1) is 21.3. The highest BCUT2D eigenvalue weighted by atomic mass is 19.1. The number of ether oxygens (including phenoxy) is 2. The summed E-state index contributed by atoms with van der Waals surface area (Å²) in [5.41, 5.74) is -0.0514. The lowest BCUT2D eigenvalue weighted by Gasteiger charge is -2.34. The Morgan fingerprint density at radius 2 is 1.89 bits per heavy atom. The molecular weight excluding hydrogens is 569 g/mol. The van der Waals surface area contributed by atoms with Gasteiger partial charge in [-0.15, -0.1) is 6.42 Å². The average molecular weight is 601 g/mol. The molecule has 4 unspecified atom stereocenters. The van der Waals surface area contributed by atoms with Crippen LogP contribution in [0.15, 0.2) is 36.4 Å². The van der Waals surface area contributed by atoms with Crippen molar-refractivity contribution < 1.29 is 27.8 Å². The van der Waals surface area contributed by atoms with Gasteiger partial charge in [-0.05, 0) is 67.4 Å². The molecule has 10 heteroatoms. The van der Waals surface area contributed by atoms with E-state index < -0.39 is 23.3 Å². The predicted molar refractivity (Wildman–Crippen MR) is 161 cm³/mol. The second-order valence-corrected chi connectivity index (χ2v) is 12.5. The average Bonchev–Trinajstić information content (AvgIpc) is 3.66. The van der Waals surface area contributed by atoms with Crippen LogP contribution in [-0.4, -0.2) is 76.7 Å². The van der Waals surface area contributed by atoms with Crippen molar-refractivity contribution in [2.24, 2.45) is 0 Å². The van der Waals surface area contributed by atoms with Crippen molar-refractivity contribution in [2.45, 2.75) is 56.0 Å². The third kappa shape index (κ3) is 4.36. The Labute approximate surface area is 252 Å². The van der Waals surface area contributed by atoms with E-state index in [1.807, 2.05) is 0 Å². The molecule has 1 N–H and O–H groups in total. The smallest absolute Gasteiger partial charge is 0.319 e. The number of aromatic nitrogens is 2. The second kappa shape index (κ2) is 10.2. The Kier molecular flexibility index (Phi) is 6.40. The maximum atomic E-state index is 16.8. The fourth-order valence-electron chi connectivity index (χ4n) is 7.85. The van der Waals surface area contributed by atoms with Crippen LogP contribution in [0.25, 0.3) is 32.8 Å². The molecule has 4 aliphatic rings. The van der Waals surface area contributed by atoms with Crippen molar-refractivity contribution in [3.8, 4) is 35.2 Å². The molecule has 3 aromatic carbocycles. The molecule has 226 valence electrons. The van der Waals surface area contributed by atoms with E-state index in [0.29, 0.717) is 48.0 Å². The molecule has 4 atom stereocenters. The van der Waals surface area contributed by atoms with E-state index in [9.17, 15) is 13.9 Å². The summed E-state index contributed by atoms with van der Waals surface area (Å²) in [6.45, 7) is 2.62. The lowest BCUT2D eigenvalue weighted by Crippen LogP contribution is -2.44. The molecule has 8 rings (SSSR count). The third-order valence-electron chi connectivity index (χ3n) is 9.83. The monoisotopic (exact) mass is 600 g/mol. The van der Waals surface area contributed by atoms with Crippen LogP contribution in [0.1, 0.15) is 37.7 Å². The van der Waals surface area contributed by atoms with Gasteiger partial charge in [-0.3, -0.25) is 4.90 Å². The Morgan fingerprint density at radius 3 is 2.68 bits per heavy atom. The van der Waals surface area contributed by atoms with Crippen LogP contribution in [0, 0.1) is 24.0 Å². The normalized spacial score (nSPS) is 26.4. The number of hydrogen-bond donors (Lipinski definition) is 1. The summed E-state index contributed by atoms with van der Waals surface area (Å²) >= 11 is 0. The van der Waals surface area contributed by atoms with Gasteiger partial charge in [0.25, 0.3) is 0 Å². The van der Waals surface area contributed by atoms with Crippen molar-refractivity contribution in [3.05, 3.63) is 53.6 Å². The molecule has 0 aliphatic carbocycles. The first-order valence-corrected chi connectivity index (χ1v) is 15.2. The highest BCUT2D eigenvalue weighted by Gasteiger charge is 2.49. The molecule has 0 spiro atoms. The zero-order valence-electron chi connectivity index (χ0n) is 24.0. The fraction of sp³-hybridized carbons (Fsp3) is 0.412. The molecule has 4 saturated heterocycles. The summed E-state index contributed by atoms with van der Waals surface area (Å²) in [5, 5.41) is 11.8. The number of phenolic OH excluding ortho intramolecular Hbond substituents is 1. The number of halogens is 3. The van der Waals surface area contributed by atoms with E-state index >= 15 is 4.39 Å². The minimum absolute atomic E-state index is 0.0158. The Balaban J connectivity index is 1.28. The molecule has 5 heterocycles. The van der Waals surface area contributed by atoms with Gasteiger partial charge in [0.05, 0.1) is 23.3 Å². The van der Waals surface area contributed by atoms with Crippen LogP contribution in [0.5, 0.6) is 11.8 Å². The molecule has 44 heavy (non-hydrogen) atoms. The van der Waals surface area contributed by atoms with Crippen LogP contribution < -0.4 is 9.64 Å². The predicted octanol–water partition coefficient (Wildman–Crippen LogP) is 5.74. The summed E-state index contributed by atoms with van der Waals surface area (Å²) in [6, 6.07) is 8.94. The summed E-state index contributed by atoms with van der Waals surface area (Å²) < 4.78 is 58.3. The van der Waals surface area contributed by atoms with Crippen LogP contribution in [0.4, 0.5) is 19.0 Å². The lowest BCUT2D eigenvalue weighted by atomic mass is 9.93. The molecule has 0 saturated carbocycles. The summed E-state index contributed by atoms with van der Waals surface area (Å²) in [6.07, 6.45) is 8.97. The number of benzene rings is 3. The maximum absolute atomic E-state index is 16.8. The van der Waals surface area contributed by atoms with Gasteiger partial charge in [0, 0.05) is 42.4 Å². The zero-order chi connectivity index (χ0) is 30.2. The van der Waals surface area contributed by atoms with E-state index in [1.54, 1.807) is 12.1 Å². The molecule has 0 radical (unpaired) electrons. The number of nitrogens with zero attached hydrogens (tertiary/aromatic N) is 4. The minimum atomic E-state index is -0.911. The van der Waals surface area contributed by atoms with E-state index in [1.165, 1.54) is 24.3 Å². The van der Waals surface area contributed by atoms with E-state index in [-0.39, 0.29) is 52.8 Å². The van der Waals surface area contributed by atoms with Crippen LogP contribution in [-0.2, 0) is 4.74 Å². The van der Waals surface area contributed by atoms with Gasteiger partial charge in [-0.25, -0.2) is 13.2 Å². The van der Waals surface area contributed by atoms with Gasteiger partial charge < -0.3 is 19.5 Å². The van der Waals surface area contributed by atoms with Gasteiger partial charge in [0.1, 0.15) is 35.7 Å². The summed E-state index contributed by atoms with van der Waals surface area (Å²) in [4.78, 5) is 13.6. The molecular formula is C34H31F3N4O3. The Hall–Kier alpha value is -4.07. The first kappa shape index (κ1) is 27.5. The van der Waals surface area contributed by atoms with E-state index in [0.717, 1.165) is 32.2 Å². The van der Waals surface area contributed by atoms with Crippen molar-refractivity contribution in [1.82, 2.24) is 14.9 Å². The number of fused-ring (bicyclic) bond motifs is 5. The van der Waals surface area contributed by atoms with Crippen LogP contribution in [0.2, 0.25) is 0 Å². The van der Waals surface area contributed by atoms with Crippen LogP contribution >= 0.6 is 0 Å². The van der Waals surface area contributed by atoms with E-state index in [4.69, 9.17) is 20.9 Å². The number of terminal acetylenes is 1. The van der Waals surface area contributed by atoms with Gasteiger partial charge in [0.15, 0.2) is 5.82 Å². The number of hydrogen-bond acceptors (Lipinski definition) is 7. The topological polar surface area (TPSA) is 71.0 Å². The standard InChI is InChI=1S/C34H31F3N4O3/c1-2-24-28(36)9-4-19-12-21(42)13-27(29(19)24)25-7-8-26-31(30(25)37)38-33(39-32(26)40-16-22-5-6-23(17-40)44-22)43-18-34-10-3-11-41(34)15-20(35)14-34/h1,4,7-9,12-13,20,22-23,42H,3,5-6,10-11,14-18H2. The third-order valence-corrected chi connectivity index (χ3v) is 9.83. The number of phenols is 1. The largest absolute Gasteiger partial charge is 0.508 e. The number of rotatable bonds is 5. The van der Waals surface area contributed by atoms with Crippen molar-refractivity contribution in [1.29, 1.82) is 0 Å². The highest BCUT2D eigenvalue weighted by molar-refractivity contribution is 6.04. The second-order valence-electron chi connectivity index (χ2n) is 12.5. The van der Waals surface area contributed by atoms with Crippen molar-refractivity contribution in [3.63, 3.8) is 0 Å². The van der Waals surface area contributed by atoms with Gasteiger partial charge in [-0.1, -0.05) is 18.1 Å². The molecule has 1 aromatic heterocycles. The van der Waals surface area contributed by atoms with Gasteiger partial charge in [-0.2, -0.15) is 9.97 Å². The molecule has 4 aromatic rings. The molecule has 2 bridgehead atoms. The van der Waals surface area contributed by atoms with Crippen molar-refractivity contribution >= 4 is 27.5 Å². The SMILES string of the molecule is C#Cc1c(F)ccc2cc(O)cc(-c3ccc4c(N5CC6CCC(C5)O6)nc(OCC56CCCN5CC(F)C6)nc4c3F)c12. The minimum Gasteiger partial charge on any atom is -0.508 e. The molecule has 7 nitrogen and oxygen atoms in total. The molecule has 4 aliphatic heterocycles. The number of morpholine rings is 1. The Morgan fingerprint density at radius 1 is 1.07 bits per heavy atom. The molecule has 0 amide bonds. The zero-order valence-corrected chi connectivity index (χ0v) is 24.0. The first-order valence-electron chi connectivity index (χ1n) is 15.2. The number of alkyl halides is 1. The lowest BCUT2D eigenvalue weighted by molar-refractivity contribution is 0.0302.